The first-order valence-corrected chi connectivity index (χ1v) is 6.98. The Kier molecular flexibility index (Phi) is 5.52. The number of aryl methyl sites for hydroxylation is 1. The third-order valence-corrected chi connectivity index (χ3v) is 3.84. The summed E-state index contributed by atoms with van der Waals surface area (Å²) in [5.41, 5.74) is 4.87. The second kappa shape index (κ2) is 7.21. The van der Waals surface area contributed by atoms with Crippen LogP contribution in [0.4, 0.5) is 0 Å². The molecule has 0 fully saturated rings. The van der Waals surface area contributed by atoms with Gasteiger partial charge in [-0.05, 0) is 42.7 Å². The normalized spacial score (nSPS) is 10.2. The number of hydrogen-bond donors (Lipinski definition) is 0. The Morgan fingerprint density at radius 1 is 1.04 bits per heavy atom. The third-order valence-electron chi connectivity index (χ3n) is 3.84. The molecule has 2 aromatic carbocycles. The molecule has 23 heavy (non-hydrogen) atoms. The van der Waals surface area contributed by atoms with Crippen LogP contribution in [0.25, 0.3) is 22.5 Å². The van der Waals surface area contributed by atoms with Gasteiger partial charge in [-0.2, -0.15) is 0 Å². The van der Waals surface area contributed by atoms with Gasteiger partial charge in [-0.25, -0.2) is 0 Å². The van der Waals surface area contributed by atoms with Crippen LogP contribution in [-0.2, 0) is 0 Å². The molecule has 0 aliphatic carbocycles. The fourth-order valence-corrected chi connectivity index (χ4v) is 2.46. The molecular formula is C18H16NNaO3. The molecule has 1 heterocycles. The summed E-state index contributed by atoms with van der Waals surface area (Å²) in [5.74, 6) is 1.46. The molecule has 0 aliphatic heterocycles. The Bertz CT molecular complexity index is 810. The molecule has 0 saturated heterocycles. The first kappa shape index (κ1) is 17.6. The summed E-state index contributed by atoms with van der Waals surface area (Å²) >= 11 is 0. The van der Waals surface area contributed by atoms with Crippen LogP contribution in [0.15, 0.2) is 47.1 Å². The molecule has 5 heteroatoms. The molecule has 4 nitrogen and oxygen atoms in total. The molecule has 3 aromatic rings. The van der Waals surface area contributed by atoms with Gasteiger partial charge in [0.1, 0.15) is 5.75 Å². The topological polar surface area (TPSA) is 58.3 Å². The number of nitrogens with zero attached hydrogens (tertiary/aromatic N) is 1. The van der Waals surface area contributed by atoms with E-state index in [1.54, 1.807) is 25.4 Å². The predicted octanol–water partition coefficient (Wildman–Crippen LogP) is 0.712. The Labute approximate surface area is 157 Å². The molecule has 0 saturated carbocycles. The van der Waals surface area contributed by atoms with Crippen molar-refractivity contribution in [2.24, 2.45) is 0 Å². The van der Waals surface area contributed by atoms with Crippen molar-refractivity contribution in [3.05, 3.63) is 53.7 Å². The standard InChI is InChI=1S/C18H17NO3.Na/c1-11-8-14(9-17(21-3)12(11)2)18-16(10-19-22-18)13-4-6-15(20)7-5-13;/h4-10,20H,1-3H3;/q;+1/p-1. The summed E-state index contributed by atoms with van der Waals surface area (Å²) in [6.07, 6.45) is 1.66. The minimum absolute atomic E-state index is 0. The minimum atomic E-state index is -0.0189. The van der Waals surface area contributed by atoms with E-state index in [2.05, 4.69) is 5.16 Å². The SMILES string of the molecule is COc1cc(-c2oncc2-c2ccc([O-])cc2)cc(C)c1C.[Na+]. The van der Waals surface area contributed by atoms with E-state index in [-0.39, 0.29) is 35.3 Å². The van der Waals surface area contributed by atoms with E-state index in [1.165, 1.54) is 12.1 Å². The number of aromatic nitrogens is 1. The largest absolute Gasteiger partial charge is 1.00 e. The molecule has 3 rings (SSSR count). The van der Waals surface area contributed by atoms with Crippen molar-refractivity contribution in [2.75, 3.05) is 7.11 Å². The van der Waals surface area contributed by atoms with Gasteiger partial charge in [0, 0.05) is 11.1 Å². The number of ether oxygens (including phenoxy) is 1. The zero-order valence-corrected chi connectivity index (χ0v) is 15.7. The van der Waals surface area contributed by atoms with Gasteiger partial charge in [0.25, 0.3) is 0 Å². The maximum Gasteiger partial charge on any atom is 1.00 e. The van der Waals surface area contributed by atoms with Crippen molar-refractivity contribution >= 4 is 0 Å². The summed E-state index contributed by atoms with van der Waals surface area (Å²) in [5, 5.41) is 15.2. The Morgan fingerprint density at radius 3 is 2.39 bits per heavy atom. The Balaban J connectivity index is 0.00000192. The van der Waals surface area contributed by atoms with Crippen LogP contribution in [-0.4, -0.2) is 12.3 Å². The van der Waals surface area contributed by atoms with Crippen LogP contribution >= 0.6 is 0 Å². The smallest absolute Gasteiger partial charge is 0.872 e. The molecule has 112 valence electrons. The molecule has 0 bridgehead atoms. The van der Waals surface area contributed by atoms with Gasteiger partial charge in [0.15, 0.2) is 5.76 Å². The predicted molar refractivity (Wildman–Crippen MR) is 82.8 cm³/mol. The fraction of sp³-hybridized carbons (Fsp3) is 0.167. The number of methoxy groups -OCH3 is 1. The van der Waals surface area contributed by atoms with Crippen LogP contribution < -0.4 is 39.4 Å². The van der Waals surface area contributed by atoms with Gasteiger partial charge in [0.2, 0.25) is 0 Å². The van der Waals surface area contributed by atoms with Crippen molar-refractivity contribution in [3.63, 3.8) is 0 Å². The summed E-state index contributed by atoms with van der Waals surface area (Å²) < 4.78 is 10.9. The van der Waals surface area contributed by atoms with Crippen molar-refractivity contribution in [3.8, 4) is 33.9 Å². The van der Waals surface area contributed by atoms with Gasteiger partial charge in [-0.3, -0.25) is 0 Å². The van der Waals surface area contributed by atoms with Crippen molar-refractivity contribution in [1.82, 2.24) is 5.16 Å². The van der Waals surface area contributed by atoms with Gasteiger partial charge < -0.3 is 14.4 Å². The molecule has 0 N–H and O–H groups in total. The number of benzene rings is 2. The van der Waals surface area contributed by atoms with E-state index in [1.807, 2.05) is 26.0 Å². The maximum atomic E-state index is 11.3. The number of rotatable bonds is 3. The summed E-state index contributed by atoms with van der Waals surface area (Å²) in [7, 11) is 1.65. The molecular weight excluding hydrogens is 301 g/mol. The van der Waals surface area contributed by atoms with E-state index in [0.29, 0.717) is 5.76 Å². The van der Waals surface area contributed by atoms with Crippen LogP contribution in [0.1, 0.15) is 11.1 Å². The van der Waals surface area contributed by atoms with Crippen molar-refractivity contribution in [1.29, 1.82) is 0 Å². The van der Waals surface area contributed by atoms with E-state index in [9.17, 15) is 5.11 Å². The monoisotopic (exact) mass is 317 g/mol. The zero-order valence-electron chi connectivity index (χ0n) is 13.7. The van der Waals surface area contributed by atoms with Gasteiger partial charge in [-0.1, -0.05) is 29.4 Å². The molecule has 0 aliphatic rings. The molecule has 0 unspecified atom stereocenters. The molecule has 0 atom stereocenters. The Morgan fingerprint density at radius 2 is 1.74 bits per heavy atom. The second-order valence-corrected chi connectivity index (χ2v) is 5.21. The Hall–Kier alpha value is -1.75. The van der Waals surface area contributed by atoms with Crippen LogP contribution in [0.5, 0.6) is 11.5 Å². The summed E-state index contributed by atoms with van der Waals surface area (Å²) in [4.78, 5) is 0. The zero-order chi connectivity index (χ0) is 15.7. The van der Waals surface area contributed by atoms with Crippen LogP contribution in [0, 0.1) is 13.8 Å². The average molecular weight is 317 g/mol. The molecule has 1 aromatic heterocycles. The van der Waals surface area contributed by atoms with Crippen LogP contribution in [0.3, 0.4) is 0 Å². The second-order valence-electron chi connectivity index (χ2n) is 5.21. The average Bonchev–Trinajstić information content (AvgIpc) is 3.00. The quantitative estimate of drug-likeness (QED) is 0.668. The molecule has 0 radical (unpaired) electrons. The van der Waals surface area contributed by atoms with Gasteiger partial charge >= 0.3 is 29.6 Å². The summed E-state index contributed by atoms with van der Waals surface area (Å²) in [6.45, 7) is 4.05. The molecule has 0 spiro atoms. The number of hydrogen-bond acceptors (Lipinski definition) is 4. The third kappa shape index (κ3) is 3.44. The molecule has 0 amide bonds. The van der Waals surface area contributed by atoms with Crippen LogP contribution in [0.2, 0.25) is 0 Å². The fourth-order valence-electron chi connectivity index (χ4n) is 2.46. The first-order chi connectivity index (χ1) is 10.6. The van der Waals surface area contributed by atoms with Crippen molar-refractivity contribution < 1.29 is 43.9 Å². The van der Waals surface area contributed by atoms with Crippen molar-refractivity contribution in [2.45, 2.75) is 13.8 Å². The first-order valence-electron chi connectivity index (χ1n) is 6.98. The van der Waals surface area contributed by atoms with E-state index < -0.39 is 0 Å². The summed E-state index contributed by atoms with van der Waals surface area (Å²) in [6, 6.07) is 10.6. The maximum absolute atomic E-state index is 11.3. The van der Waals surface area contributed by atoms with E-state index in [0.717, 1.165) is 33.6 Å². The van der Waals surface area contributed by atoms with Gasteiger partial charge in [-0.15, -0.1) is 5.75 Å². The van der Waals surface area contributed by atoms with E-state index >= 15 is 0 Å². The minimum Gasteiger partial charge on any atom is -0.872 e. The van der Waals surface area contributed by atoms with Gasteiger partial charge in [0.05, 0.1) is 13.3 Å². The van der Waals surface area contributed by atoms with E-state index in [4.69, 9.17) is 9.26 Å².